The van der Waals surface area contributed by atoms with Gasteiger partial charge in [0.1, 0.15) is 23.8 Å². The van der Waals surface area contributed by atoms with Gasteiger partial charge < -0.3 is 23.5 Å². The first kappa shape index (κ1) is 28.0. The largest absolute Gasteiger partial charge is 0.493 e. The van der Waals surface area contributed by atoms with Crippen molar-refractivity contribution in [2.75, 3.05) is 40.5 Å². The average Bonchev–Trinajstić information content (AvgIpc) is 3.31. The van der Waals surface area contributed by atoms with Gasteiger partial charge in [0, 0.05) is 45.6 Å². The van der Waals surface area contributed by atoms with E-state index < -0.39 is 0 Å². The van der Waals surface area contributed by atoms with Crippen LogP contribution in [0.1, 0.15) is 49.6 Å². The van der Waals surface area contributed by atoms with Gasteiger partial charge in [-0.2, -0.15) is 0 Å². The third-order valence-corrected chi connectivity index (χ3v) is 7.50. The highest BCUT2D eigenvalue weighted by molar-refractivity contribution is 5.43. The summed E-state index contributed by atoms with van der Waals surface area (Å²) in [5.41, 5.74) is 2.20. The maximum atomic E-state index is 6.17. The third kappa shape index (κ3) is 7.51. The zero-order chi connectivity index (χ0) is 26.8. The minimum Gasteiger partial charge on any atom is -0.493 e. The molecule has 1 aliphatic rings. The number of imidazole rings is 1. The average molecular weight is 522 g/mol. The molecule has 3 aromatic rings. The van der Waals surface area contributed by atoms with Crippen molar-refractivity contribution >= 4 is 0 Å². The molecule has 38 heavy (non-hydrogen) atoms. The van der Waals surface area contributed by atoms with E-state index in [9.17, 15) is 0 Å². The molecular weight excluding hydrogens is 478 g/mol. The van der Waals surface area contributed by atoms with Crippen LogP contribution in [0.15, 0.2) is 54.9 Å². The summed E-state index contributed by atoms with van der Waals surface area (Å²) in [6, 6.07) is 14.5. The van der Waals surface area contributed by atoms with Crippen LogP contribution in [0.5, 0.6) is 17.2 Å². The van der Waals surface area contributed by atoms with Crippen LogP contribution in [0.3, 0.4) is 0 Å². The van der Waals surface area contributed by atoms with E-state index in [4.69, 9.17) is 18.9 Å². The van der Waals surface area contributed by atoms with E-state index in [1.807, 2.05) is 37.7 Å². The lowest BCUT2D eigenvalue weighted by Gasteiger charge is -2.31. The quantitative estimate of drug-likeness (QED) is 0.270. The predicted molar refractivity (Wildman–Crippen MR) is 150 cm³/mol. The molecule has 7 heteroatoms. The van der Waals surface area contributed by atoms with E-state index in [1.165, 1.54) is 11.1 Å². The summed E-state index contributed by atoms with van der Waals surface area (Å²) in [6.07, 6.45) is 8.73. The molecule has 0 spiro atoms. The van der Waals surface area contributed by atoms with E-state index in [0.717, 1.165) is 81.4 Å². The molecule has 2 heterocycles. The van der Waals surface area contributed by atoms with Crippen molar-refractivity contribution in [1.82, 2.24) is 14.5 Å². The normalized spacial score (nSPS) is 18.2. The maximum Gasteiger partial charge on any atom is 0.161 e. The molecule has 206 valence electrons. The number of rotatable bonds is 13. The number of likely N-dealkylation sites (tertiary alicyclic amines) is 1. The third-order valence-electron chi connectivity index (χ3n) is 7.50. The Morgan fingerprint density at radius 3 is 2.58 bits per heavy atom. The van der Waals surface area contributed by atoms with Gasteiger partial charge in [-0.1, -0.05) is 30.7 Å². The summed E-state index contributed by atoms with van der Waals surface area (Å²) in [5, 5.41) is 0. The molecule has 1 saturated heterocycles. The molecule has 1 aliphatic heterocycles. The number of aryl methyl sites for hydroxylation is 3. The van der Waals surface area contributed by atoms with Crippen LogP contribution in [0.4, 0.5) is 0 Å². The van der Waals surface area contributed by atoms with Gasteiger partial charge in [0.15, 0.2) is 11.5 Å². The Morgan fingerprint density at radius 2 is 1.82 bits per heavy atom. The van der Waals surface area contributed by atoms with Gasteiger partial charge in [-0.05, 0) is 69.0 Å². The van der Waals surface area contributed by atoms with Crippen molar-refractivity contribution in [2.45, 2.75) is 64.6 Å². The van der Waals surface area contributed by atoms with Crippen molar-refractivity contribution in [2.24, 2.45) is 0 Å². The highest BCUT2D eigenvalue weighted by atomic mass is 16.5. The number of hydrogen-bond donors (Lipinski definition) is 0. The number of methoxy groups -OCH3 is 2. The Balaban J connectivity index is 1.30. The Bertz CT molecular complexity index is 1130. The lowest BCUT2D eigenvalue weighted by atomic mass is 9.95. The summed E-state index contributed by atoms with van der Waals surface area (Å²) in [5.74, 6) is 3.59. The summed E-state index contributed by atoms with van der Waals surface area (Å²) >= 11 is 0. The second kappa shape index (κ2) is 13.7. The smallest absolute Gasteiger partial charge is 0.161 e. The Hall–Kier alpha value is -3.03. The molecule has 0 amide bonds. The molecule has 0 saturated carbocycles. The number of ether oxygens (including phenoxy) is 4. The van der Waals surface area contributed by atoms with Gasteiger partial charge in [0.2, 0.25) is 0 Å². The highest BCUT2D eigenvalue weighted by Gasteiger charge is 2.33. The second-order valence-corrected chi connectivity index (χ2v) is 10.2. The molecule has 0 aliphatic carbocycles. The Kier molecular flexibility index (Phi) is 10.1. The first-order chi connectivity index (χ1) is 18.5. The monoisotopic (exact) mass is 521 g/mol. The van der Waals surface area contributed by atoms with Crippen LogP contribution < -0.4 is 14.2 Å². The summed E-state index contributed by atoms with van der Waals surface area (Å²) in [4.78, 5) is 6.90. The first-order valence-corrected chi connectivity index (χ1v) is 13.8. The van der Waals surface area contributed by atoms with Crippen LogP contribution in [0, 0.1) is 6.92 Å². The van der Waals surface area contributed by atoms with E-state index in [2.05, 4.69) is 52.6 Å². The number of nitrogens with zero attached hydrogens (tertiary/aromatic N) is 3. The minimum absolute atomic E-state index is 0.263. The zero-order valence-electron chi connectivity index (χ0n) is 23.4. The number of benzene rings is 2. The molecule has 1 aromatic heterocycles. The number of aromatic nitrogens is 2. The molecule has 0 N–H and O–H groups in total. The standard InChI is InChI=1S/C31H43N3O4/c1-5-30-32-16-20-34(30)18-7-21-37-29-22-26(10-13-28(29)35-3)23-33-17-6-14-31(36-4,15-19-33)24-38-27-11-8-25(2)9-12-27/h8-13,16,20,22H,5-7,14-15,17-19,21,23-24H2,1-4H3/t31-/m0/s1. The van der Waals surface area contributed by atoms with Gasteiger partial charge in [-0.3, -0.25) is 4.90 Å². The number of hydrogen-bond acceptors (Lipinski definition) is 6. The Morgan fingerprint density at radius 1 is 0.974 bits per heavy atom. The fraction of sp³-hybridized carbons (Fsp3) is 0.516. The van der Waals surface area contributed by atoms with Crippen LogP contribution in [0.25, 0.3) is 0 Å². The molecule has 7 nitrogen and oxygen atoms in total. The van der Waals surface area contributed by atoms with Crippen LogP contribution in [-0.4, -0.2) is 60.6 Å². The van der Waals surface area contributed by atoms with Crippen molar-refractivity contribution in [3.8, 4) is 17.2 Å². The lowest BCUT2D eigenvalue weighted by Crippen LogP contribution is -2.39. The predicted octanol–water partition coefficient (Wildman–Crippen LogP) is 5.68. The van der Waals surface area contributed by atoms with Crippen LogP contribution in [-0.2, 0) is 24.2 Å². The molecular formula is C31H43N3O4. The van der Waals surface area contributed by atoms with E-state index >= 15 is 0 Å². The lowest BCUT2D eigenvalue weighted by molar-refractivity contribution is -0.0541. The van der Waals surface area contributed by atoms with Crippen LogP contribution in [0.2, 0.25) is 0 Å². The van der Waals surface area contributed by atoms with E-state index in [1.54, 1.807) is 7.11 Å². The summed E-state index contributed by atoms with van der Waals surface area (Å²) < 4.78 is 26.2. The van der Waals surface area contributed by atoms with Crippen molar-refractivity contribution < 1.29 is 18.9 Å². The molecule has 0 unspecified atom stereocenters. The highest BCUT2D eigenvalue weighted by Crippen LogP contribution is 2.31. The second-order valence-electron chi connectivity index (χ2n) is 10.2. The molecule has 0 radical (unpaired) electrons. The molecule has 1 fully saturated rings. The zero-order valence-corrected chi connectivity index (χ0v) is 23.4. The van der Waals surface area contributed by atoms with Crippen LogP contribution >= 0.6 is 0 Å². The Labute approximate surface area is 227 Å². The fourth-order valence-corrected chi connectivity index (χ4v) is 5.10. The molecule has 0 bridgehead atoms. The van der Waals surface area contributed by atoms with Gasteiger partial charge in [0.25, 0.3) is 0 Å². The van der Waals surface area contributed by atoms with E-state index in [0.29, 0.717) is 13.2 Å². The van der Waals surface area contributed by atoms with Crippen molar-refractivity contribution in [1.29, 1.82) is 0 Å². The van der Waals surface area contributed by atoms with Crippen molar-refractivity contribution in [3.63, 3.8) is 0 Å². The van der Waals surface area contributed by atoms with Gasteiger partial charge in [0.05, 0.1) is 13.7 Å². The van der Waals surface area contributed by atoms with Gasteiger partial charge in [-0.25, -0.2) is 4.98 Å². The molecule has 4 rings (SSSR count). The summed E-state index contributed by atoms with van der Waals surface area (Å²) in [6.45, 7) is 9.16. The first-order valence-electron chi connectivity index (χ1n) is 13.8. The topological polar surface area (TPSA) is 58.0 Å². The summed E-state index contributed by atoms with van der Waals surface area (Å²) in [7, 11) is 3.51. The SMILES string of the molecule is CCc1nccn1CCCOc1cc(CN2CCC[C@](COc3ccc(C)cc3)(OC)CC2)ccc1OC. The van der Waals surface area contributed by atoms with Gasteiger partial charge >= 0.3 is 0 Å². The minimum atomic E-state index is -0.263. The fourth-order valence-electron chi connectivity index (χ4n) is 5.10. The van der Waals surface area contributed by atoms with Gasteiger partial charge in [-0.15, -0.1) is 0 Å². The molecule has 2 aromatic carbocycles. The van der Waals surface area contributed by atoms with Crippen molar-refractivity contribution in [3.05, 3.63) is 71.8 Å². The van der Waals surface area contributed by atoms with E-state index in [-0.39, 0.29) is 5.60 Å². The molecule has 1 atom stereocenters. The maximum absolute atomic E-state index is 6.17.